The highest BCUT2D eigenvalue weighted by Gasteiger charge is 2.31. The summed E-state index contributed by atoms with van der Waals surface area (Å²) in [5.41, 5.74) is 1.18. The summed E-state index contributed by atoms with van der Waals surface area (Å²) in [5.74, 6) is -3.55. The van der Waals surface area contributed by atoms with E-state index in [1.807, 2.05) is 12.1 Å². The second-order valence-corrected chi connectivity index (χ2v) is 9.09. The minimum Gasteiger partial charge on any atom is -0.452 e. The third kappa shape index (κ3) is 4.70. The lowest BCUT2D eigenvalue weighted by Gasteiger charge is -2.19. The minimum absolute atomic E-state index is 0.0654. The molecule has 0 saturated heterocycles. The van der Waals surface area contributed by atoms with E-state index in [4.69, 9.17) is 4.74 Å². The molecule has 4 rings (SSSR count). The van der Waals surface area contributed by atoms with Crippen LogP contribution in [-0.4, -0.2) is 33.4 Å². The molecule has 0 saturated carbocycles. The van der Waals surface area contributed by atoms with Crippen LogP contribution in [0.1, 0.15) is 15.9 Å². The molecule has 0 unspecified atom stereocenters. The Labute approximate surface area is 188 Å². The number of nitrogens with one attached hydrogen (secondary N) is 1. The van der Waals surface area contributed by atoms with Gasteiger partial charge in [-0.15, -0.1) is 0 Å². The van der Waals surface area contributed by atoms with Crippen molar-refractivity contribution in [3.8, 4) is 0 Å². The van der Waals surface area contributed by atoms with Crippen LogP contribution in [0, 0.1) is 11.6 Å². The smallest absolute Gasteiger partial charge is 0.338 e. The Bertz CT molecular complexity index is 1340. The zero-order chi connectivity index (χ0) is 23.6. The van der Waals surface area contributed by atoms with Gasteiger partial charge in [-0.2, -0.15) is 0 Å². The van der Waals surface area contributed by atoms with Crippen molar-refractivity contribution in [1.82, 2.24) is 0 Å². The van der Waals surface area contributed by atoms with Crippen LogP contribution >= 0.6 is 0 Å². The predicted molar refractivity (Wildman–Crippen MR) is 116 cm³/mol. The Hall–Kier alpha value is -3.79. The first kappa shape index (κ1) is 22.4. The molecule has 0 radical (unpaired) electrons. The fourth-order valence-electron chi connectivity index (χ4n) is 3.46. The maximum Gasteiger partial charge on any atom is 0.338 e. The fraction of sp³-hybridized carbons (Fsp3) is 0.130. The lowest BCUT2D eigenvalue weighted by Crippen LogP contribution is -2.29. The largest absolute Gasteiger partial charge is 0.452 e. The summed E-state index contributed by atoms with van der Waals surface area (Å²) in [5, 5.41) is 2.17. The van der Waals surface area contributed by atoms with Crippen LogP contribution in [0.2, 0.25) is 0 Å². The van der Waals surface area contributed by atoms with Gasteiger partial charge >= 0.3 is 5.97 Å². The standard InChI is InChI=1S/C23H18F2N2O5S/c24-17-8-9-20(19(25)13-17)26-22(28)14-32-23(29)16-5-3-6-18(12-16)33(30,31)27-11-10-15-4-1-2-7-21(15)27/h1-9,12-13H,10-11,14H2,(H,26,28). The van der Waals surface area contributed by atoms with Crippen molar-refractivity contribution in [1.29, 1.82) is 0 Å². The molecule has 7 nitrogen and oxygen atoms in total. The van der Waals surface area contributed by atoms with Gasteiger partial charge in [0.1, 0.15) is 11.6 Å². The Morgan fingerprint density at radius 3 is 2.58 bits per heavy atom. The number of anilines is 2. The summed E-state index contributed by atoms with van der Waals surface area (Å²) in [7, 11) is -3.91. The molecule has 0 bridgehead atoms. The van der Waals surface area contributed by atoms with E-state index in [0.717, 1.165) is 17.7 Å². The third-order valence-corrected chi connectivity index (χ3v) is 6.85. The number of fused-ring (bicyclic) bond motifs is 1. The average Bonchev–Trinajstić information content (AvgIpc) is 3.24. The molecule has 170 valence electrons. The molecule has 1 aliphatic rings. The van der Waals surface area contributed by atoms with E-state index < -0.39 is 40.1 Å². The quantitative estimate of drug-likeness (QED) is 0.555. The molecule has 3 aromatic rings. The molecular weight excluding hydrogens is 454 g/mol. The molecule has 1 N–H and O–H groups in total. The van der Waals surface area contributed by atoms with Crippen molar-refractivity contribution in [2.24, 2.45) is 0 Å². The van der Waals surface area contributed by atoms with Gasteiger partial charge in [0.2, 0.25) is 0 Å². The molecule has 0 fully saturated rings. The number of sulfonamides is 1. The number of esters is 1. The topological polar surface area (TPSA) is 92.8 Å². The van der Waals surface area contributed by atoms with Crippen molar-refractivity contribution >= 4 is 33.3 Å². The molecule has 0 aromatic heterocycles. The monoisotopic (exact) mass is 472 g/mol. The van der Waals surface area contributed by atoms with E-state index in [0.29, 0.717) is 18.2 Å². The van der Waals surface area contributed by atoms with E-state index in [-0.39, 0.29) is 22.7 Å². The Balaban J connectivity index is 1.44. The second-order valence-electron chi connectivity index (χ2n) is 7.23. The van der Waals surface area contributed by atoms with Crippen LogP contribution in [0.5, 0.6) is 0 Å². The highest BCUT2D eigenvalue weighted by atomic mass is 32.2. The lowest BCUT2D eigenvalue weighted by atomic mass is 10.2. The number of carbonyl (C=O) groups excluding carboxylic acids is 2. The maximum atomic E-state index is 13.6. The number of carbonyl (C=O) groups is 2. The summed E-state index contributed by atoms with van der Waals surface area (Å²) in [6, 6.07) is 15.1. The number of rotatable bonds is 6. The lowest BCUT2D eigenvalue weighted by molar-refractivity contribution is -0.119. The molecular formula is C23H18F2N2O5S. The first-order valence-corrected chi connectivity index (χ1v) is 11.3. The highest BCUT2D eigenvalue weighted by Crippen LogP contribution is 2.32. The summed E-state index contributed by atoms with van der Waals surface area (Å²) in [6.07, 6.45) is 0.584. The Morgan fingerprint density at radius 2 is 1.79 bits per heavy atom. The Morgan fingerprint density at radius 1 is 1.00 bits per heavy atom. The van der Waals surface area contributed by atoms with Crippen molar-refractivity contribution in [3.05, 3.63) is 89.5 Å². The van der Waals surface area contributed by atoms with Crippen molar-refractivity contribution < 1.29 is 31.5 Å². The van der Waals surface area contributed by atoms with Crippen LogP contribution in [0.3, 0.4) is 0 Å². The molecule has 33 heavy (non-hydrogen) atoms. The van der Waals surface area contributed by atoms with Gasteiger partial charge < -0.3 is 10.1 Å². The zero-order valence-electron chi connectivity index (χ0n) is 17.1. The van der Waals surface area contributed by atoms with Crippen molar-refractivity contribution in [2.45, 2.75) is 11.3 Å². The van der Waals surface area contributed by atoms with E-state index in [2.05, 4.69) is 5.32 Å². The number of halogens is 2. The minimum atomic E-state index is -3.91. The normalized spacial score (nSPS) is 12.8. The molecule has 0 atom stereocenters. The van der Waals surface area contributed by atoms with Crippen LogP contribution in [0.4, 0.5) is 20.2 Å². The average molecular weight is 472 g/mol. The van der Waals surface area contributed by atoms with Gasteiger partial charge in [-0.05, 0) is 48.4 Å². The summed E-state index contributed by atoms with van der Waals surface area (Å²) in [4.78, 5) is 24.2. The fourth-order valence-corrected chi connectivity index (χ4v) is 5.01. The number of benzene rings is 3. The SMILES string of the molecule is O=C(COC(=O)c1cccc(S(=O)(=O)N2CCc3ccccc32)c1)Nc1ccc(F)cc1F. The Kier molecular flexibility index (Phi) is 6.10. The number of hydrogen-bond acceptors (Lipinski definition) is 5. The summed E-state index contributed by atoms with van der Waals surface area (Å²) in [6.45, 7) is -0.456. The molecule has 1 aliphatic heterocycles. The van der Waals surface area contributed by atoms with Gasteiger partial charge in [-0.25, -0.2) is 22.0 Å². The molecule has 0 spiro atoms. The number of amides is 1. The van der Waals surface area contributed by atoms with Crippen molar-refractivity contribution in [3.63, 3.8) is 0 Å². The number of ether oxygens (including phenoxy) is 1. The third-order valence-electron chi connectivity index (χ3n) is 5.04. The molecule has 1 amide bonds. The van der Waals surface area contributed by atoms with Gasteiger partial charge in [-0.1, -0.05) is 24.3 Å². The summed E-state index contributed by atoms with van der Waals surface area (Å²) >= 11 is 0. The molecule has 3 aromatic carbocycles. The van der Waals surface area contributed by atoms with Gasteiger partial charge in [-0.3, -0.25) is 9.10 Å². The van der Waals surface area contributed by atoms with Gasteiger partial charge in [0, 0.05) is 12.6 Å². The van der Waals surface area contributed by atoms with E-state index in [1.165, 1.54) is 28.6 Å². The number of nitrogens with zero attached hydrogens (tertiary/aromatic N) is 1. The van der Waals surface area contributed by atoms with Crippen LogP contribution in [0.15, 0.2) is 71.6 Å². The van der Waals surface area contributed by atoms with Gasteiger partial charge in [0.15, 0.2) is 6.61 Å². The second kappa shape index (κ2) is 8.99. The van der Waals surface area contributed by atoms with Crippen LogP contribution in [0.25, 0.3) is 0 Å². The molecule has 0 aliphatic carbocycles. The zero-order valence-corrected chi connectivity index (χ0v) is 17.9. The van der Waals surface area contributed by atoms with E-state index in [1.54, 1.807) is 12.1 Å². The summed E-state index contributed by atoms with van der Waals surface area (Å²) < 4.78 is 59.1. The first-order valence-electron chi connectivity index (χ1n) is 9.88. The van der Waals surface area contributed by atoms with Crippen molar-refractivity contribution in [2.75, 3.05) is 22.8 Å². The molecule has 1 heterocycles. The number of hydrogen-bond donors (Lipinski definition) is 1. The highest BCUT2D eigenvalue weighted by molar-refractivity contribution is 7.92. The van der Waals surface area contributed by atoms with Crippen LogP contribution < -0.4 is 9.62 Å². The van der Waals surface area contributed by atoms with Gasteiger partial charge in [0.25, 0.3) is 15.9 Å². The first-order chi connectivity index (χ1) is 15.8. The van der Waals surface area contributed by atoms with E-state index in [9.17, 15) is 26.8 Å². The number of para-hydroxylation sites is 1. The van der Waals surface area contributed by atoms with Crippen LogP contribution in [-0.2, 0) is 26.0 Å². The van der Waals surface area contributed by atoms with E-state index >= 15 is 0 Å². The maximum absolute atomic E-state index is 13.6. The molecule has 10 heteroatoms. The predicted octanol–water partition coefficient (Wildman–Crippen LogP) is 3.51. The van der Waals surface area contributed by atoms with Gasteiger partial charge in [0.05, 0.1) is 21.8 Å².